The molecule has 0 saturated carbocycles. The summed E-state index contributed by atoms with van der Waals surface area (Å²) < 4.78 is 28.7. The predicted octanol–water partition coefficient (Wildman–Crippen LogP) is 3.55. The van der Waals surface area contributed by atoms with Crippen molar-refractivity contribution in [3.05, 3.63) is 65.9 Å². The van der Waals surface area contributed by atoms with E-state index in [1.54, 1.807) is 18.2 Å². The molecule has 3 rings (SSSR count). The summed E-state index contributed by atoms with van der Waals surface area (Å²) in [6, 6.07) is 11.0. The van der Waals surface area contributed by atoms with Crippen molar-refractivity contribution in [1.82, 2.24) is 4.57 Å². The number of fused-ring (bicyclic) bond motifs is 1. The molecule has 2 aromatic carbocycles. The number of aromatic nitrogens is 1. The van der Waals surface area contributed by atoms with E-state index < -0.39 is 0 Å². The highest BCUT2D eigenvalue weighted by Gasteiger charge is 2.06. The van der Waals surface area contributed by atoms with Crippen molar-refractivity contribution in [2.75, 3.05) is 5.73 Å². The van der Waals surface area contributed by atoms with Gasteiger partial charge in [-0.1, -0.05) is 6.07 Å². The van der Waals surface area contributed by atoms with Crippen LogP contribution in [-0.2, 0) is 6.54 Å². The normalized spacial score (nSPS) is 11.1. The van der Waals surface area contributed by atoms with Gasteiger partial charge in [-0.2, -0.15) is 0 Å². The second-order valence-corrected chi connectivity index (χ2v) is 4.50. The van der Waals surface area contributed by atoms with Crippen LogP contribution in [0.2, 0.25) is 0 Å². The molecule has 0 bridgehead atoms. The highest BCUT2D eigenvalue weighted by molar-refractivity contribution is 5.80. The molecular weight excluding hydrogens is 246 g/mol. The number of halogens is 2. The smallest absolute Gasteiger partial charge is 0.130 e. The van der Waals surface area contributed by atoms with E-state index in [4.69, 9.17) is 5.73 Å². The monoisotopic (exact) mass is 258 g/mol. The van der Waals surface area contributed by atoms with Crippen molar-refractivity contribution in [2.45, 2.75) is 6.54 Å². The number of rotatable bonds is 2. The molecule has 96 valence electrons. The van der Waals surface area contributed by atoms with Gasteiger partial charge in [0.15, 0.2) is 0 Å². The third-order valence-corrected chi connectivity index (χ3v) is 3.15. The third kappa shape index (κ3) is 2.17. The van der Waals surface area contributed by atoms with Gasteiger partial charge >= 0.3 is 0 Å². The number of nitrogen functional groups attached to an aromatic ring is 1. The fraction of sp³-hybridized carbons (Fsp3) is 0.0667. The Morgan fingerprint density at radius 3 is 2.63 bits per heavy atom. The van der Waals surface area contributed by atoms with Crippen LogP contribution in [0.25, 0.3) is 10.9 Å². The third-order valence-electron chi connectivity index (χ3n) is 3.15. The van der Waals surface area contributed by atoms with Crippen LogP contribution in [0, 0.1) is 11.6 Å². The zero-order valence-corrected chi connectivity index (χ0v) is 10.1. The lowest BCUT2D eigenvalue weighted by Crippen LogP contribution is -2.01. The first-order valence-corrected chi connectivity index (χ1v) is 5.92. The summed E-state index contributed by atoms with van der Waals surface area (Å²) in [5.74, 6) is -0.604. The minimum absolute atomic E-state index is 0.274. The van der Waals surface area contributed by atoms with Gasteiger partial charge in [-0.25, -0.2) is 8.78 Å². The van der Waals surface area contributed by atoms with Gasteiger partial charge in [0.1, 0.15) is 11.6 Å². The van der Waals surface area contributed by atoms with Gasteiger partial charge in [-0.05, 0) is 36.4 Å². The van der Waals surface area contributed by atoms with Gasteiger partial charge in [-0.3, -0.25) is 0 Å². The maximum absolute atomic E-state index is 13.8. The van der Waals surface area contributed by atoms with Crippen LogP contribution in [-0.4, -0.2) is 4.57 Å². The van der Waals surface area contributed by atoms with Gasteiger partial charge < -0.3 is 10.3 Å². The van der Waals surface area contributed by atoms with Crippen molar-refractivity contribution in [3.8, 4) is 0 Å². The fourth-order valence-electron chi connectivity index (χ4n) is 2.18. The number of hydrogen-bond acceptors (Lipinski definition) is 1. The SMILES string of the molecule is Nc1ccc(Cn2ccc3cc(F)ccc32)c(F)c1. The van der Waals surface area contributed by atoms with Crippen molar-refractivity contribution in [3.63, 3.8) is 0 Å². The van der Waals surface area contributed by atoms with Gasteiger partial charge in [0, 0.05) is 28.4 Å². The Balaban J connectivity index is 2.01. The van der Waals surface area contributed by atoms with Crippen molar-refractivity contribution < 1.29 is 8.78 Å². The fourth-order valence-corrected chi connectivity index (χ4v) is 2.18. The highest BCUT2D eigenvalue weighted by atomic mass is 19.1. The van der Waals surface area contributed by atoms with Crippen molar-refractivity contribution in [2.24, 2.45) is 0 Å². The Morgan fingerprint density at radius 1 is 1.00 bits per heavy atom. The quantitative estimate of drug-likeness (QED) is 0.700. The number of nitrogens with two attached hydrogens (primary N) is 1. The lowest BCUT2D eigenvalue weighted by Gasteiger charge is -2.07. The highest BCUT2D eigenvalue weighted by Crippen LogP contribution is 2.20. The summed E-state index contributed by atoms with van der Waals surface area (Å²) >= 11 is 0. The topological polar surface area (TPSA) is 30.9 Å². The Morgan fingerprint density at radius 2 is 1.84 bits per heavy atom. The molecule has 0 saturated heterocycles. The van der Waals surface area contributed by atoms with Crippen LogP contribution < -0.4 is 5.73 Å². The molecule has 0 spiro atoms. The molecule has 3 aromatic rings. The van der Waals surface area contributed by atoms with E-state index in [9.17, 15) is 8.78 Å². The summed E-state index contributed by atoms with van der Waals surface area (Å²) in [6.45, 7) is 0.390. The summed E-state index contributed by atoms with van der Waals surface area (Å²) in [5.41, 5.74) is 7.35. The van der Waals surface area contributed by atoms with Gasteiger partial charge in [-0.15, -0.1) is 0 Å². The van der Waals surface area contributed by atoms with Crippen LogP contribution in [0.15, 0.2) is 48.7 Å². The number of benzene rings is 2. The van der Waals surface area contributed by atoms with Gasteiger partial charge in [0.05, 0.1) is 6.54 Å². The molecule has 1 aromatic heterocycles. The van der Waals surface area contributed by atoms with E-state index in [1.807, 2.05) is 16.8 Å². The molecule has 2 nitrogen and oxygen atoms in total. The lowest BCUT2D eigenvalue weighted by atomic mass is 10.2. The lowest BCUT2D eigenvalue weighted by molar-refractivity contribution is 0.602. The van der Waals surface area contributed by atoms with E-state index in [0.29, 0.717) is 17.8 Å². The Bertz CT molecular complexity index is 747. The first kappa shape index (κ1) is 11.7. The Hall–Kier alpha value is -2.36. The largest absolute Gasteiger partial charge is 0.399 e. The zero-order valence-electron chi connectivity index (χ0n) is 10.1. The summed E-state index contributed by atoms with van der Waals surface area (Å²) in [5, 5.41) is 0.802. The average Bonchev–Trinajstić information content (AvgIpc) is 2.75. The molecule has 2 N–H and O–H groups in total. The standard InChI is InChI=1S/C15H12F2N2/c16-12-2-4-15-10(7-12)5-6-19(15)9-11-1-3-13(18)8-14(11)17/h1-8H,9,18H2. The molecule has 0 fully saturated rings. The molecule has 19 heavy (non-hydrogen) atoms. The Kier molecular flexibility index (Phi) is 2.71. The molecule has 0 aliphatic carbocycles. The molecule has 0 amide bonds. The molecular formula is C15H12F2N2. The second-order valence-electron chi connectivity index (χ2n) is 4.50. The minimum atomic E-state index is -0.330. The number of nitrogens with zero attached hydrogens (tertiary/aromatic N) is 1. The van der Waals surface area contributed by atoms with E-state index in [0.717, 1.165) is 10.9 Å². The average molecular weight is 258 g/mol. The van der Waals surface area contributed by atoms with E-state index >= 15 is 0 Å². The van der Waals surface area contributed by atoms with Crippen LogP contribution in [0.4, 0.5) is 14.5 Å². The second kappa shape index (κ2) is 4.39. The van der Waals surface area contributed by atoms with Crippen molar-refractivity contribution in [1.29, 1.82) is 0 Å². The predicted molar refractivity (Wildman–Crippen MR) is 71.8 cm³/mol. The summed E-state index contributed by atoms with van der Waals surface area (Å²) in [6.07, 6.45) is 1.82. The number of hydrogen-bond donors (Lipinski definition) is 1. The summed E-state index contributed by atoms with van der Waals surface area (Å²) in [7, 11) is 0. The van der Waals surface area contributed by atoms with E-state index in [2.05, 4.69) is 0 Å². The minimum Gasteiger partial charge on any atom is -0.399 e. The zero-order chi connectivity index (χ0) is 13.4. The van der Waals surface area contributed by atoms with E-state index in [1.165, 1.54) is 18.2 Å². The van der Waals surface area contributed by atoms with Crippen LogP contribution in [0.1, 0.15) is 5.56 Å². The van der Waals surface area contributed by atoms with Crippen LogP contribution in [0.3, 0.4) is 0 Å². The van der Waals surface area contributed by atoms with Crippen molar-refractivity contribution >= 4 is 16.6 Å². The maximum atomic E-state index is 13.8. The first-order chi connectivity index (χ1) is 9.13. The maximum Gasteiger partial charge on any atom is 0.130 e. The molecule has 0 aliphatic rings. The van der Waals surface area contributed by atoms with Crippen LogP contribution in [0.5, 0.6) is 0 Å². The molecule has 0 atom stereocenters. The molecule has 0 unspecified atom stereocenters. The molecule has 0 aliphatic heterocycles. The molecule has 4 heteroatoms. The summed E-state index contributed by atoms with van der Waals surface area (Å²) in [4.78, 5) is 0. The van der Waals surface area contributed by atoms with Crippen LogP contribution >= 0.6 is 0 Å². The molecule has 0 radical (unpaired) electrons. The number of anilines is 1. The van der Waals surface area contributed by atoms with Gasteiger partial charge in [0.2, 0.25) is 0 Å². The van der Waals surface area contributed by atoms with Gasteiger partial charge in [0.25, 0.3) is 0 Å². The van der Waals surface area contributed by atoms with E-state index in [-0.39, 0.29) is 11.6 Å². The molecule has 1 heterocycles. The Labute approximate surface area is 109 Å². The first-order valence-electron chi connectivity index (χ1n) is 5.92.